The van der Waals surface area contributed by atoms with E-state index in [1.54, 1.807) is 37.6 Å². The Balaban J connectivity index is 1.77. The molecule has 0 amide bonds. The number of hydrazone groups is 1. The largest absolute Gasteiger partial charge is 0.493 e. The van der Waals surface area contributed by atoms with Crippen molar-refractivity contribution in [1.29, 1.82) is 0 Å². The van der Waals surface area contributed by atoms with Crippen LogP contribution in [0.25, 0.3) is 11.0 Å². The Hall–Kier alpha value is -3.61. The number of aromatic nitrogens is 2. The van der Waals surface area contributed by atoms with Crippen molar-refractivity contribution in [3.05, 3.63) is 71.0 Å². The molecule has 0 bridgehead atoms. The highest BCUT2D eigenvalue weighted by atomic mass is 16.5. The predicted molar refractivity (Wildman–Crippen MR) is 102 cm³/mol. The van der Waals surface area contributed by atoms with Crippen LogP contribution in [0.4, 0.5) is 5.82 Å². The second-order valence-electron chi connectivity index (χ2n) is 5.31. The number of anilines is 1. The van der Waals surface area contributed by atoms with Gasteiger partial charge in [0.05, 0.1) is 24.4 Å². The van der Waals surface area contributed by atoms with E-state index < -0.39 is 0 Å². The third-order valence-corrected chi connectivity index (χ3v) is 3.53. The van der Waals surface area contributed by atoms with Gasteiger partial charge in [-0.2, -0.15) is 5.10 Å². The molecule has 0 aliphatic rings. The van der Waals surface area contributed by atoms with Crippen LogP contribution in [-0.4, -0.2) is 29.9 Å². The summed E-state index contributed by atoms with van der Waals surface area (Å²) in [5.74, 6) is 1.32. The molecule has 3 rings (SSSR count). The lowest BCUT2D eigenvalue weighted by molar-refractivity contribution is 0.326. The van der Waals surface area contributed by atoms with Crippen molar-refractivity contribution in [3.63, 3.8) is 0 Å². The number of benzene rings is 2. The highest BCUT2D eigenvalue weighted by molar-refractivity contribution is 5.81. The molecule has 0 aliphatic carbocycles. The molecule has 2 N–H and O–H groups in total. The summed E-state index contributed by atoms with van der Waals surface area (Å²) in [4.78, 5) is 19.0. The average molecular weight is 350 g/mol. The molecule has 0 fully saturated rings. The van der Waals surface area contributed by atoms with E-state index in [0.29, 0.717) is 29.1 Å². The molecular weight excluding hydrogens is 332 g/mol. The zero-order valence-electron chi connectivity index (χ0n) is 14.2. The molecule has 132 valence electrons. The topological polar surface area (TPSA) is 88.6 Å². The molecule has 3 aromatic rings. The molecule has 7 nitrogen and oxygen atoms in total. The normalized spacial score (nSPS) is 10.8. The van der Waals surface area contributed by atoms with Crippen LogP contribution < -0.4 is 20.5 Å². The van der Waals surface area contributed by atoms with Crippen LogP contribution in [0.1, 0.15) is 5.56 Å². The van der Waals surface area contributed by atoms with Gasteiger partial charge < -0.3 is 14.5 Å². The molecule has 0 radical (unpaired) electrons. The molecule has 0 saturated heterocycles. The Bertz CT molecular complexity index is 1010. The van der Waals surface area contributed by atoms with Gasteiger partial charge in [-0.3, -0.25) is 10.2 Å². The second kappa shape index (κ2) is 7.98. The zero-order chi connectivity index (χ0) is 18.4. The summed E-state index contributed by atoms with van der Waals surface area (Å²) < 4.78 is 10.8. The molecule has 1 heterocycles. The van der Waals surface area contributed by atoms with Crippen LogP contribution in [0, 0.1) is 0 Å². The van der Waals surface area contributed by atoms with Crippen LogP contribution in [0.2, 0.25) is 0 Å². The van der Waals surface area contributed by atoms with Crippen molar-refractivity contribution >= 4 is 23.1 Å². The quantitative estimate of drug-likeness (QED) is 0.388. The molecule has 0 atom stereocenters. The second-order valence-corrected chi connectivity index (χ2v) is 5.31. The molecule has 7 heteroatoms. The summed E-state index contributed by atoms with van der Waals surface area (Å²) in [5.41, 5.74) is 4.45. The summed E-state index contributed by atoms with van der Waals surface area (Å²) in [5, 5.41) is 4.08. The maximum Gasteiger partial charge on any atom is 0.293 e. The Morgan fingerprint density at radius 1 is 1.27 bits per heavy atom. The number of nitrogens with zero attached hydrogens (tertiary/aromatic N) is 2. The van der Waals surface area contributed by atoms with Crippen LogP contribution in [0.3, 0.4) is 0 Å². The van der Waals surface area contributed by atoms with Crippen molar-refractivity contribution in [2.24, 2.45) is 5.10 Å². The number of hydrogen-bond donors (Lipinski definition) is 2. The van der Waals surface area contributed by atoms with Crippen LogP contribution in [0.5, 0.6) is 11.5 Å². The molecule has 1 aromatic heterocycles. The van der Waals surface area contributed by atoms with Gasteiger partial charge in [-0.1, -0.05) is 24.8 Å². The van der Waals surface area contributed by atoms with Gasteiger partial charge in [0.2, 0.25) is 5.82 Å². The number of hydrogen-bond acceptors (Lipinski definition) is 6. The Morgan fingerprint density at radius 3 is 2.92 bits per heavy atom. The molecule has 0 spiro atoms. The number of H-pyrrole nitrogens is 1. The molecular formula is C19H18N4O3. The lowest BCUT2D eigenvalue weighted by atomic mass is 10.2. The van der Waals surface area contributed by atoms with Crippen molar-refractivity contribution < 1.29 is 9.47 Å². The first kappa shape index (κ1) is 17.2. The Morgan fingerprint density at radius 2 is 2.12 bits per heavy atom. The van der Waals surface area contributed by atoms with E-state index in [1.165, 1.54) is 0 Å². The number of nitrogens with one attached hydrogen (secondary N) is 2. The summed E-state index contributed by atoms with van der Waals surface area (Å²) >= 11 is 0. The first-order valence-corrected chi connectivity index (χ1v) is 7.91. The van der Waals surface area contributed by atoms with Gasteiger partial charge in [0.1, 0.15) is 6.61 Å². The number of fused-ring (bicyclic) bond motifs is 1. The number of methoxy groups -OCH3 is 1. The van der Waals surface area contributed by atoms with Gasteiger partial charge >= 0.3 is 0 Å². The summed E-state index contributed by atoms with van der Waals surface area (Å²) in [6.45, 7) is 4.01. The van der Waals surface area contributed by atoms with Gasteiger partial charge in [0.25, 0.3) is 5.56 Å². The lowest BCUT2D eigenvalue weighted by Gasteiger charge is -2.09. The standard InChI is InChI=1S/C19H18N4O3/c1-3-10-26-16-9-8-13(11-17(16)25-2)12-20-23-18-19(24)22-15-7-5-4-6-14(15)21-18/h3-9,11-12H,1,10H2,2H3,(H,21,23)(H,22,24). The smallest absolute Gasteiger partial charge is 0.293 e. The van der Waals surface area contributed by atoms with E-state index in [-0.39, 0.29) is 11.4 Å². The van der Waals surface area contributed by atoms with Gasteiger partial charge in [0, 0.05) is 0 Å². The van der Waals surface area contributed by atoms with Crippen molar-refractivity contribution in [1.82, 2.24) is 9.97 Å². The molecule has 0 unspecified atom stereocenters. The third-order valence-electron chi connectivity index (χ3n) is 3.53. The summed E-state index contributed by atoms with van der Waals surface area (Å²) in [7, 11) is 1.56. The minimum atomic E-state index is -0.341. The molecule has 0 saturated carbocycles. The SMILES string of the molecule is C=CCOc1ccc(C=NNc2nc3ccccc3[nH]c2=O)cc1OC. The Labute approximate surface area is 150 Å². The zero-order valence-corrected chi connectivity index (χ0v) is 14.2. The van der Waals surface area contributed by atoms with E-state index in [1.807, 2.05) is 24.3 Å². The summed E-state index contributed by atoms with van der Waals surface area (Å²) in [6, 6.07) is 12.7. The van der Waals surface area contributed by atoms with Crippen LogP contribution in [0.15, 0.2) is 65.0 Å². The fourth-order valence-corrected chi connectivity index (χ4v) is 2.31. The number of para-hydroxylation sites is 2. The van der Waals surface area contributed by atoms with Gasteiger partial charge in [-0.05, 0) is 35.9 Å². The van der Waals surface area contributed by atoms with Crippen LogP contribution >= 0.6 is 0 Å². The maximum absolute atomic E-state index is 12.0. The van der Waals surface area contributed by atoms with Crippen molar-refractivity contribution in [2.75, 3.05) is 19.1 Å². The van der Waals surface area contributed by atoms with Gasteiger partial charge in [0.15, 0.2) is 11.5 Å². The van der Waals surface area contributed by atoms with Gasteiger partial charge in [-0.25, -0.2) is 4.98 Å². The fraction of sp³-hybridized carbons (Fsp3) is 0.105. The van der Waals surface area contributed by atoms with Crippen LogP contribution in [-0.2, 0) is 0 Å². The van der Waals surface area contributed by atoms with Gasteiger partial charge in [-0.15, -0.1) is 0 Å². The fourth-order valence-electron chi connectivity index (χ4n) is 2.31. The van der Waals surface area contributed by atoms with Crippen molar-refractivity contribution in [3.8, 4) is 11.5 Å². The monoisotopic (exact) mass is 350 g/mol. The minimum absolute atomic E-state index is 0.123. The van der Waals surface area contributed by atoms with E-state index >= 15 is 0 Å². The first-order valence-electron chi connectivity index (χ1n) is 7.91. The number of ether oxygens (including phenoxy) is 2. The third kappa shape index (κ3) is 3.89. The molecule has 0 aliphatic heterocycles. The summed E-state index contributed by atoms with van der Waals surface area (Å²) in [6.07, 6.45) is 3.23. The highest BCUT2D eigenvalue weighted by Crippen LogP contribution is 2.27. The Kier molecular flexibility index (Phi) is 5.28. The number of aromatic amines is 1. The minimum Gasteiger partial charge on any atom is -0.493 e. The van der Waals surface area contributed by atoms with E-state index in [4.69, 9.17) is 9.47 Å². The van der Waals surface area contributed by atoms with E-state index in [2.05, 4.69) is 27.1 Å². The van der Waals surface area contributed by atoms with E-state index in [9.17, 15) is 4.79 Å². The highest BCUT2D eigenvalue weighted by Gasteiger charge is 2.05. The first-order chi connectivity index (χ1) is 12.7. The molecule has 2 aromatic carbocycles. The predicted octanol–water partition coefficient (Wildman–Crippen LogP) is 2.94. The van der Waals surface area contributed by atoms with Crippen molar-refractivity contribution in [2.45, 2.75) is 0 Å². The number of rotatable bonds is 7. The molecule has 26 heavy (non-hydrogen) atoms. The van der Waals surface area contributed by atoms with E-state index in [0.717, 1.165) is 5.56 Å². The maximum atomic E-state index is 12.0. The lowest BCUT2D eigenvalue weighted by Crippen LogP contribution is -2.13. The average Bonchev–Trinajstić information content (AvgIpc) is 2.67.